The Labute approximate surface area is 155 Å². The van der Waals surface area contributed by atoms with E-state index in [1.165, 1.54) is 15.6 Å². The molecule has 128 valence electrons. The topological polar surface area (TPSA) is 58.5 Å². The average molecular weight is 440 g/mol. The second kappa shape index (κ2) is 10.4. The van der Waals surface area contributed by atoms with Gasteiger partial charge in [-0.1, -0.05) is 6.92 Å². The van der Waals surface area contributed by atoms with Crippen LogP contribution in [0.3, 0.4) is 0 Å². The largest absolute Gasteiger partial charge is 0.377 e. The average Bonchev–Trinajstić information content (AvgIpc) is 2.82. The third-order valence-electron chi connectivity index (χ3n) is 3.36. The van der Waals surface area contributed by atoms with Crippen molar-refractivity contribution in [2.45, 2.75) is 46.1 Å². The van der Waals surface area contributed by atoms with E-state index >= 15 is 0 Å². The zero-order chi connectivity index (χ0) is 15.9. The molecule has 0 unspecified atom stereocenters. The Hall–Kier alpha value is -0.410. The van der Waals surface area contributed by atoms with Crippen LogP contribution in [0.1, 0.15) is 36.3 Å². The summed E-state index contributed by atoms with van der Waals surface area (Å²) in [6.07, 6.45) is 1.92. The van der Waals surface area contributed by atoms with E-state index in [2.05, 4.69) is 34.5 Å². The quantitative estimate of drug-likeness (QED) is 0.389. The molecule has 0 aliphatic rings. The fourth-order valence-electron chi connectivity index (χ4n) is 1.80. The zero-order valence-corrected chi connectivity index (χ0v) is 17.6. The SMILES string of the molecule is CCc1nc(CCNC(=NC)NCC(C)(C)OC)sc1C.I. The maximum Gasteiger partial charge on any atom is 0.191 e. The molecule has 5 nitrogen and oxygen atoms in total. The van der Waals surface area contributed by atoms with Crippen LogP contribution in [0.5, 0.6) is 0 Å². The van der Waals surface area contributed by atoms with Gasteiger partial charge in [0.1, 0.15) is 0 Å². The van der Waals surface area contributed by atoms with Crippen molar-refractivity contribution in [2.24, 2.45) is 4.99 Å². The molecule has 1 aromatic heterocycles. The number of ether oxygens (including phenoxy) is 1. The lowest BCUT2D eigenvalue weighted by Gasteiger charge is -2.24. The van der Waals surface area contributed by atoms with E-state index in [0.29, 0.717) is 6.54 Å². The van der Waals surface area contributed by atoms with Gasteiger partial charge in [0.2, 0.25) is 0 Å². The first-order valence-electron chi connectivity index (χ1n) is 7.36. The van der Waals surface area contributed by atoms with Crippen molar-refractivity contribution in [1.82, 2.24) is 15.6 Å². The van der Waals surface area contributed by atoms with Crippen molar-refractivity contribution in [3.8, 4) is 0 Å². The summed E-state index contributed by atoms with van der Waals surface area (Å²) in [6, 6.07) is 0. The highest BCUT2D eigenvalue weighted by Gasteiger charge is 2.16. The van der Waals surface area contributed by atoms with Gasteiger partial charge in [-0.3, -0.25) is 4.99 Å². The fourth-order valence-corrected chi connectivity index (χ4v) is 2.82. The zero-order valence-electron chi connectivity index (χ0n) is 14.4. The number of thiazole rings is 1. The third-order valence-corrected chi connectivity index (χ3v) is 4.43. The fraction of sp³-hybridized carbons (Fsp3) is 0.733. The van der Waals surface area contributed by atoms with Crippen molar-refractivity contribution < 1.29 is 4.74 Å². The van der Waals surface area contributed by atoms with Crippen molar-refractivity contribution >= 4 is 41.3 Å². The number of rotatable bonds is 7. The molecule has 0 amide bonds. The van der Waals surface area contributed by atoms with Crippen LogP contribution in [-0.2, 0) is 17.6 Å². The number of nitrogens with one attached hydrogen (secondary N) is 2. The first-order chi connectivity index (χ1) is 9.91. The highest BCUT2D eigenvalue weighted by molar-refractivity contribution is 14.0. The van der Waals surface area contributed by atoms with E-state index in [1.54, 1.807) is 25.5 Å². The van der Waals surface area contributed by atoms with Gasteiger partial charge in [0.25, 0.3) is 0 Å². The van der Waals surface area contributed by atoms with E-state index in [1.807, 2.05) is 13.8 Å². The molecule has 2 N–H and O–H groups in total. The number of aromatic nitrogens is 1. The smallest absolute Gasteiger partial charge is 0.191 e. The van der Waals surface area contributed by atoms with Gasteiger partial charge in [0.15, 0.2) is 5.96 Å². The van der Waals surface area contributed by atoms with Crippen LogP contribution < -0.4 is 10.6 Å². The summed E-state index contributed by atoms with van der Waals surface area (Å²) in [5.74, 6) is 0.795. The van der Waals surface area contributed by atoms with Crippen LogP contribution in [0, 0.1) is 6.92 Å². The number of halogens is 1. The Morgan fingerprint density at radius 2 is 2.05 bits per heavy atom. The molecule has 7 heteroatoms. The molecule has 0 fully saturated rings. The molecular formula is C15H29IN4OS. The van der Waals surface area contributed by atoms with Crippen LogP contribution in [0.15, 0.2) is 4.99 Å². The maximum absolute atomic E-state index is 5.38. The molecule has 0 aromatic carbocycles. The summed E-state index contributed by atoms with van der Waals surface area (Å²) in [5.41, 5.74) is 1.01. The van der Waals surface area contributed by atoms with Gasteiger partial charge in [-0.05, 0) is 27.2 Å². The molecule has 1 rings (SSSR count). The van der Waals surface area contributed by atoms with E-state index < -0.39 is 0 Å². The Morgan fingerprint density at radius 1 is 1.36 bits per heavy atom. The molecule has 0 atom stereocenters. The highest BCUT2D eigenvalue weighted by atomic mass is 127. The molecule has 0 aliphatic heterocycles. The Kier molecular flexibility index (Phi) is 10.2. The van der Waals surface area contributed by atoms with Gasteiger partial charge in [-0.2, -0.15) is 0 Å². The van der Waals surface area contributed by atoms with Crippen molar-refractivity contribution in [3.63, 3.8) is 0 Å². The highest BCUT2D eigenvalue weighted by Crippen LogP contribution is 2.17. The second-order valence-corrected chi connectivity index (χ2v) is 6.82. The number of aliphatic imine (C=N–C) groups is 1. The first-order valence-corrected chi connectivity index (χ1v) is 8.18. The van der Waals surface area contributed by atoms with Gasteiger partial charge in [0, 0.05) is 38.5 Å². The molecule has 0 radical (unpaired) electrons. The number of hydrogen-bond acceptors (Lipinski definition) is 4. The molecule has 0 bridgehead atoms. The predicted molar refractivity (Wildman–Crippen MR) is 106 cm³/mol. The minimum Gasteiger partial charge on any atom is -0.377 e. The lowest BCUT2D eigenvalue weighted by atomic mass is 10.1. The van der Waals surface area contributed by atoms with Gasteiger partial charge >= 0.3 is 0 Å². The summed E-state index contributed by atoms with van der Waals surface area (Å²) in [7, 11) is 3.49. The summed E-state index contributed by atoms with van der Waals surface area (Å²) in [6.45, 7) is 9.90. The molecular weight excluding hydrogens is 411 g/mol. The molecule has 1 aromatic rings. The number of nitrogens with zero attached hydrogens (tertiary/aromatic N) is 2. The minimum absolute atomic E-state index is 0. The van der Waals surface area contributed by atoms with Crippen LogP contribution >= 0.6 is 35.3 Å². The summed E-state index contributed by atoms with van der Waals surface area (Å²) in [5, 5.41) is 7.77. The lowest BCUT2D eigenvalue weighted by molar-refractivity contribution is 0.0268. The lowest BCUT2D eigenvalue weighted by Crippen LogP contribution is -2.45. The van der Waals surface area contributed by atoms with Gasteiger partial charge < -0.3 is 15.4 Å². The second-order valence-electron chi connectivity index (χ2n) is 5.53. The van der Waals surface area contributed by atoms with Gasteiger partial charge in [-0.25, -0.2) is 4.98 Å². The summed E-state index contributed by atoms with van der Waals surface area (Å²) < 4.78 is 5.38. The normalized spacial score (nSPS) is 12.0. The van der Waals surface area contributed by atoms with E-state index in [0.717, 1.165) is 25.3 Å². The molecule has 22 heavy (non-hydrogen) atoms. The van der Waals surface area contributed by atoms with Crippen LogP contribution in [0.25, 0.3) is 0 Å². The van der Waals surface area contributed by atoms with E-state index in [9.17, 15) is 0 Å². The molecule has 0 aliphatic carbocycles. The van der Waals surface area contributed by atoms with Crippen LogP contribution in [-0.4, -0.2) is 43.8 Å². The minimum atomic E-state index is -0.208. The van der Waals surface area contributed by atoms with Crippen molar-refractivity contribution in [3.05, 3.63) is 15.6 Å². The van der Waals surface area contributed by atoms with Crippen molar-refractivity contribution in [1.29, 1.82) is 0 Å². The number of aryl methyl sites for hydroxylation is 2. The Bertz CT molecular complexity index is 474. The Balaban J connectivity index is 0.00000441. The van der Waals surface area contributed by atoms with Crippen molar-refractivity contribution in [2.75, 3.05) is 27.2 Å². The summed E-state index contributed by atoms with van der Waals surface area (Å²) in [4.78, 5) is 10.2. The van der Waals surface area contributed by atoms with E-state index in [4.69, 9.17) is 4.74 Å². The maximum atomic E-state index is 5.38. The first kappa shape index (κ1) is 21.6. The molecule has 0 spiro atoms. The predicted octanol–water partition coefficient (Wildman–Crippen LogP) is 2.76. The standard InChI is InChI=1S/C15H28N4OS.HI/c1-7-12-11(2)21-13(19-12)8-9-17-14(16-5)18-10-15(3,4)20-6;/h7-10H2,1-6H3,(H2,16,17,18);1H. The number of guanidine groups is 1. The summed E-state index contributed by atoms with van der Waals surface area (Å²) >= 11 is 1.79. The van der Waals surface area contributed by atoms with Gasteiger partial charge in [0.05, 0.1) is 16.3 Å². The monoisotopic (exact) mass is 440 g/mol. The number of hydrogen-bond donors (Lipinski definition) is 2. The number of methoxy groups -OCH3 is 1. The van der Waals surface area contributed by atoms with E-state index in [-0.39, 0.29) is 29.6 Å². The molecule has 1 heterocycles. The third kappa shape index (κ3) is 7.23. The molecule has 0 saturated heterocycles. The van der Waals surface area contributed by atoms with Crippen LogP contribution in [0.2, 0.25) is 0 Å². The Morgan fingerprint density at radius 3 is 2.55 bits per heavy atom. The van der Waals surface area contributed by atoms with Crippen LogP contribution in [0.4, 0.5) is 0 Å². The molecule has 0 saturated carbocycles. The van der Waals surface area contributed by atoms with Gasteiger partial charge in [-0.15, -0.1) is 35.3 Å².